The highest BCUT2D eigenvalue weighted by molar-refractivity contribution is 5.48. The molecule has 1 aliphatic heterocycles. The highest BCUT2D eigenvalue weighted by Crippen LogP contribution is 2.22. The number of aromatic nitrogens is 2. The first-order chi connectivity index (χ1) is 8.83. The molecule has 100 valence electrons. The fourth-order valence-corrected chi connectivity index (χ4v) is 2.27. The van der Waals surface area contributed by atoms with Crippen molar-refractivity contribution in [3.63, 3.8) is 0 Å². The van der Waals surface area contributed by atoms with Crippen molar-refractivity contribution in [2.45, 2.75) is 26.2 Å². The summed E-state index contributed by atoms with van der Waals surface area (Å²) in [6.07, 6.45) is 5.07. The third-order valence-electron chi connectivity index (χ3n) is 3.48. The molecule has 5 heteroatoms. The second kappa shape index (κ2) is 6.54. The Balaban J connectivity index is 1.96. The second-order valence-electron chi connectivity index (χ2n) is 4.85. The maximum atomic E-state index is 5.71. The van der Waals surface area contributed by atoms with Crippen LogP contribution in [-0.4, -0.2) is 36.1 Å². The monoisotopic (exact) mass is 249 g/mol. The van der Waals surface area contributed by atoms with E-state index in [0.717, 1.165) is 57.1 Å². The molecule has 1 aromatic rings. The summed E-state index contributed by atoms with van der Waals surface area (Å²) in [6, 6.07) is 2.04. The first-order valence-electron chi connectivity index (χ1n) is 6.84. The highest BCUT2D eigenvalue weighted by atomic mass is 15.2. The van der Waals surface area contributed by atoms with E-state index in [9.17, 15) is 0 Å². The van der Waals surface area contributed by atoms with Gasteiger partial charge in [0.25, 0.3) is 0 Å². The lowest BCUT2D eigenvalue weighted by atomic mass is 9.97. The molecule has 0 atom stereocenters. The van der Waals surface area contributed by atoms with Crippen molar-refractivity contribution >= 4 is 11.6 Å². The van der Waals surface area contributed by atoms with Crippen LogP contribution in [0.2, 0.25) is 0 Å². The van der Waals surface area contributed by atoms with Gasteiger partial charge in [0, 0.05) is 25.7 Å². The molecule has 0 bridgehead atoms. The van der Waals surface area contributed by atoms with Crippen molar-refractivity contribution in [1.29, 1.82) is 0 Å². The van der Waals surface area contributed by atoms with Crippen LogP contribution in [-0.2, 0) is 0 Å². The zero-order valence-electron chi connectivity index (χ0n) is 11.1. The largest absolute Gasteiger partial charge is 0.370 e. The zero-order valence-corrected chi connectivity index (χ0v) is 11.1. The van der Waals surface area contributed by atoms with Gasteiger partial charge < -0.3 is 16.0 Å². The maximum Gasteiger partial charge on any atom is 0.134 e. The fraction of sp³-hybridized carbons (Fsp3) is 0.692. The summed E-state index contributed by atoms with van der Waals surface area (Å²) in [5.41, 5.74) is 5.71. The molecule has 0 unspecified atom stereocenters. The Morgan fingerprint density at radius 3 is 2.83 bits per heavy atom. The predicted octanol–water partition coefficient (Wildman–Crippen LogP) is 1.47. The average Bonchev–Trinajstić information content (AvgIpc) is 2.45. The number of anilines is 2. The van der Waals surface area contributed by atoms with Crippen LogP contribution in [0.5, 0.6) is 0 Å². The van der Waals surface area contributed by atoms with Crippen molar-refractivity contribution in [2.75, 3.05) is 36.4 Å². The topological polar surface area (TPSA) is 67.1 Å². The first kappa shape index (κ1) is 13.1. The molecule has 0 radical (unpaired) electrons. The molecule has 18 heavy (non-hydrogen) atoms. The summed E-state index contributed by atoms with van der Waals surface area (Å²) in [6.45, 7) is 6.00. The van der Waals surface area contributed by atoms with Crippen LogP contribution in [0, 0.1) is 5.92 Å². The van der Waals surface area contributed by atoms with Gasteiger partial charge in [0.15, 0.2) is 0 Å². The number of hydrogen-bond donors (Lipinski definition) is 2. The molecule has 0 saturated carbocycles. The van der Waals surface area contributed by atoms with Gasteiger partial charge in [0.2, 0.25) is 0 Å². The second-order valence-corrected chi connectivity index (χ2v) is 4.85. The molecular weight excluding hydrogens is 226 g/mol. The Bertz CT molecular complexity index is 360. The Labute approximate surface area is 109 Å². The van der Waals surface area contributed by atoms with Gasteiger partial charge in [0.1, 0.15) is 18.0 Å². The van der Waals surface area contributed by atoms with Crippen molar-refractivity contribution in [1.82, 2.24) is 9.97 Å². The van der Waals surface area contributed by atoms with Gasteiger partial charge in [-0.15, -0.1) is 0 Å². The van der Waals surface area contributed by atoms with Crippen molar-refractivity contribution < 1.29 is 0 Å². The van der Waals surface area contributed by atoms with Gasteiger partial charge in [-0.05, 0) is 31.7 Å². The number of piperidine rings is 1. The minimum absolute atomic E-state index is 0.681. The van der Waals surface area contributed by atoms with Crippen molar-refractivity contribution in [3.05, 3.63) is 12.4 Å². The summed E-state index contributed by atoms with van der Waals surface area (Å²) in [5, 5.41) is 3.30. The van der Waals surface area contributed by atoms with Gasteiger partial charge >= 0.3 is 0 Å². The summed E-state index contributed by atoms with van der Waals surface area (Å²) < 4.78 is 0. The molecular formula is C13H23N5. The lowest BCUT2D eigenvalue weighted by Crippen LogP contribution is -2.36. The van der Waals surface area contributed by atoms with E-state index in [2.05, 4.69) is 27.1 Å². The molecule has 2 rings (SSSR count). The van der Waals surface area contributed by atoms with E-state index >= 15 is 0 Å². The van der Waals surface area contributed by atoms with E-state index in [1.807, 2.05) is 6.07 Å². The number of nitrogens with one attached hydrogen (secondary N) is 1. The van der Waals surface area contributed by atoms with Crippen LogP contribution in [0.3, 0.4) is 0 Å². The molecule has 1 saturated heterocycles. The van der Waals surface area contributed by atoms with Crippen molar-refractivity contribution in [3.8, 4) is 0 Å². The molecule has 0 spiro atoms. The third kappa shape index (κ3) is 3.32. The maximum absolute atomic E-state index is 5.71. The highest BCUT2D eigenvalue weighted by Gasteiger charge is 2.19. The number of rotatable bonds is 5. The molecule has 0 aliphatic carbocycles. The lowest BCUT2D eigenvalue weighted by molar-refractivity contribution is 0.413. The van der Waals surface area contributed by atoms with Gasteiger partial charge in [0.05, 0.1) is 0 Å². The molecule has 5 nitrogen and oxygen atoms in total. The number of nitrogens with two attached hydrogens (primary N) is 1. The van der Waals surface area contributed by atoms with E-state index < -0.39 is 0 Å². The van der Waals surface area contributed by atoms with E-state index in [-0.39, 0.29) is 0 Å². The minimum atomic E-state index is 0.681. The Morgan fingerprint density at radius 1 is 1.39 bits per heavy atom. The normalized spacial score (nSPS) is 16.9. The smallest absolute Gasteiger partial charge is 0.134 e. The minimum Gasteiger partial charge on any atom is -0.370 e. The molecule has 1 fully saturated rings. The number of nitrogens with zero attached hydrogens (tertiary/aromatic N) is 3. The van der Waals surface area contributed by atoms with E-state index in [1.54, 1.807) is 6.33 Å². The molecule has 0 aromatic carbocycles. The zero-order chi connectivity index (χ0) is 12.8. The summed E-state index contributed by atoms with van der Waals surface area (Å²) in [5.74, 6) is 2.63. The molecule has 1 aromatic heterocycles. The average molecular weight is 249 g/mol. The van der Waals surface area contributed by atoms with Crippen molar-refractivity contribution in [2.24, 2.45) is 11.7 Å². The van der Waals surface area contributed by atoms with E-state index in [1.165, 1.54) is 0 Å². The summed E-state index contributed by atoms with van der Waals surface area (Å²) in [7, 11) is 0. The third-order valence-corrected chi connectivity index (χ3v) is 3.48. The van der Waals surface area contributed by atoms with Crippen LogP contribution >= 0.6 is 0 Å². The SMILES string of the molecule is CCCNc1cc(N2CCC(CN)CC2)ncn1. The Kier molecular flexibility index (Phi) is 4.75. The van der Waals surface area contributed by atoms with Crippen LogP contribution in [0.1, 0.15) is 26.2 Å². The van der Waals surface area contributed by atoms with Gasteiger partial charge in [-0.3, -0.25) is 0 Å². The molecule has 2 heterocycles. The van der Waals surface area contributed by atoms with Crippen LogP contribution < -0.4 is 16.0 Å². The number of hydrogen-bond acceptors (Lipinski definition) is 5. The van der Waals surface area contributed by atoms with Gasteiger partial charge in [-0.2, -0.15) is 0 Å². The van der Waals surface area contributed by atoms with Crippen LogP contribution in [0.15, 0.2) is 12.4 Å². The standard InChI is InChI=1S/C13H23N5/c1-2-5-15-12-8-13(17-10-16-12)18-6-3-11(9-14)4-7-18/h8,10-11H,2-7,9,14H2,1H3,(H,15,16,17). The Hall–Kier alpha value is -1.36. The van der Waals surface area contributed by atoms with Gasteiger partial charge in [-0.25, -0.2) is 9.97 Å². The molecule has 0 amide bonds. The fourth-order valence-electron chi connectivity index (χ4n) is 2.27. The first-order valence-corrected chi connectivity index (χ1v) is 6.84. The Morgan fingerprint density at radius 2 is 2.17 bits per heavy atom. The molecule has 3 N–H and O–H groups in total. The van der Waals surface area contributed by atoms with Crippen LogP contribution in [0.4, 0.5) is 11.6 Å². The van der Waals surface area contributed by atoms with E-state index in [4.69, 9.17) is 5.73 Å². The van der Waals surface area contributed by atoms with Gasteiger partial charge in [-0.1, -0.05) is 6.92 Å². The molecule has 1 aliphatic rings. The lowest BCUT2D eigenvalue weighted by Gasteiger charge is -2.32. The summed E-state index contributed by atoms with van der Waals surface area (Å²) in [4.78, 5) is 10.9. The summed E-state index contributed by atoms with van der Waals surface area (Å²) >= 11 is 0. The quantitative estimate of drug-likeness (QED) is 0.827. The predicted molar refractivity (Wildman–Crippen MR) is 74.8 cm³/mol. The van der Waals surface area contributed by atoms with Crippen LogP contribution in [0.25, 0.3) is 0 Å². The van der Waals surface area contributed by atoms with E-state index in [0.29, 0.717) is 5.92 Å².